The number of para-hydroxylation sites is 1. The first-order chi connectivity index (χ1) is 12.9. The number of benzene rings is 1. The van der Waals surface area contributed by atoms with E-state index in [0.29, 0.717) is 35.2 Å². The largest absolute Gasteiger partial charge is 0.481 e. The summed E-state index contributed by atoms with van der Waals surface area (Å²) < 4.78 is 18.1. The molecule has 2 unspecified atom stereocenters. The number of hydrogen-bond donors (Lipinski definition) is 1. The summed E-state index contributed by atoms with van der Waals surface area (Å²) >= 11 is 5.93. The third-order valence-electron chi connectivity index (χ3n) is 5.02. The third kappa shape index (κ3) is 3.59. The molecule has 3 heterocycles. The lowest BCUT2D eigenvalue weighted by molar-refractivity contribution is -0.141. The SMILES string of the molecule is C[C@@]1(c2ccc(Cl)cn2)Oc2cccc(C3CCC(CC(=O)O)OC3)c2O1. The van der Waals surface area contributed by atoms with Crippen molar-refractivity contribution < 1.29 is 24.1 Å². The zero-order valence-electron chi connectivity index (χ0n) is 14.9. The van der Waals surface area contributed by atoms with E-state index in [9.17, 15) is 4.79 Å². The fourth-order valence-corrected chi connectivity index (χ4v) is 3.74. The molecular formula is C20H20ClNO5. The van der Waals surface area contributed by atoms with Crippen molar-refractivity contribution in [3.8, 4) is 11.5 Å². The van der Waals surface area contributed by atoms with Crippen molar-refractivity contribution in [2.45, 2.75) is 44.0 Å². The van der Waals surface area contributed by atoms with Crippen molar-refractivity contribution in [2.24, 2.45) is 0 Å². The van der Waals surface area contributed by atoms with Crippen molar-refractivity contribution in [1.29, 1.82) is 0 Å². The predicted octanol–water partition coefficient (Wildman–Crippen LogP) is 4.12. The van der Waals surface area contributed by atoms with Gasteiger partial charge in [0, 0.05) is 24.6 Å². The number of ether oxygens (including phenoxy) is 3. The summed E-state index contributed by atoms with van der Waals surface area (Å²) in [7, 11) is 0. The van der Waals surface area contributed by atoms with E-state index in [1.165, 1.54) is 0 Å². The summed E-state index contributed by atoms with van der Waals surface area (Å²) in [6.45, 7) is 2.29. The number of carboxylic acids is 1. The van der Waals surface area contributed by atoms with Crippen LogP contribution < -0.4 is 9.47 Å². The summed E-state index contributed by atoms with van der Waals surface area (Å²) in [5.74, 6) is -0.359. The van der Waals surface area contributed by atoms with Gasteiger partial charge in [-0.3, -0.25) is 9.78 Å². The first-order valence-corrected chi connectivity index (χ1v) is 9.29. The molecule has 142 valence electrons. The van der Waals surface area contributed by atoms with Crippen molar-refractivity contribution in [1.82, 2.24) is 4.98 Å². The Balaban J connectivity index is 1.54. The van der Waals surface area contributed by atoms with Crippen molar-refractivity contribution in [2.75, 3.05) is 6.61 Å². The Morgan fingerprint density at radius 2 is 2.15 bits per heavy atom. The smallest absolute Gasteiger partial charge is 0.305 e. The van der Waals surface area contributed by atoms with Gasteiger partial charge in [0.25, 0.3) is 5.79 Å². The average molecular weight is 390 g/mol. The number of halogens is 1. The van der Waals surface area contributed by atoms with E-state index in [0.717, 1.165) is 12.0 Å². The minimum Gasteiger partial charge on any atom is -0.481 e. The van der Waals surface area contributed by atoms with Crippen molar-refractivity contribution in [3.63, 3.8) is 0 Å². The maximum Gasteiger partial charge on any atom is 0.305 e. The molecule has 3 atom stereocenters. The van der Waals surface area contributed by atoms with Crippen molar-refractivity contribution in [3.05, 3.63) is 52.8 Å². The van der Waals surface area contributed by atoms with Crippen LogP contribution in [0.5, 0.6) is 11.5 Å². The number of nitrogens with zero attached hydrogens (tertiary/aromatic N) is 1. The molecule has 1 aromatic heterocycles. The fraction of sp³-hybridized carbons (Fsp3) is 0.400. The van der Waals surface area contributed by atoms with E-state index in [2.05, 4.69) is 4.98 Å². The monoisotopic (exact) mass is 389 g/mol. The van der Waals surface area contributed by atoms with Crippen LogP contribution in [0, 0.1) is 0 Å². The molecule has 0 bridgehead atoms. The Morgan fingerprint density at radius 3 is 2.81 bits per heavy atom. The lowest BCUT2D eigenvalue weighted by atomic mass is 9.90. The molecule has 0 aliphatic carbocycles. The maximum atomic E-state index is 10.9. The number of pyridine rings is 1. The predicted molar refractivity (Wildman–Crippen MR) is 98.3 cm³/mol. The molecule has 1 fully saturated rings. The molecule has 2 aliphatic rings. The molecule has 0 saturated carbocycles. The lowest BCUT2D eigenvalue weighted by Crippen LogP contribution is -2.32. The number of carboxylic acid groups (broad SMARTS) is 1. The molecule has 27 heavy (non-hydrogen) atoms. The summed E-state index contributed by atoms with van der Waals surface area (Å²) in [5, 5.41) is 9.48. The topological polar surface area (TPSA) is 77.9 Å². The zero-order valence-corrected chi connectivity index (χ0v) is 15.6. The van der Waals surface area contributed by atoms with Gasteiger partial charge in [-0.25, -0.2) is 0 Å². The van der Waals surface area contributed by atoms with Gasteiger partial charge in [-0.2, -0.15) is 0 Å². The average Bonchev–Trinajstić information content (AvgIpc) is 3.00. The van der Waals surface area contributed by atoms with Gasteiger partial charge in [0.05, 0.1) is 24.2 Å². The van der Waals surface area contributed by atoms with Gasteiger partial charge in [-0.05, 0) is 31.0 Å². The van der Waals surface area contributed by atoms with Gasteiger partial charge in [0.2, 0.25) is 0 Å². The molecule has 1 aromatic carbocycles. The van der Waals surface area contributed by atoms with Crippen molar-refractivity contribution >= 4 is 17.6 Å². The molecule has 1 saturated heterocycles. The van der Waals surface area contributed by atoms with Crippen LogP contribution >= 0.6 is 11.6 Å². The summed E-state index contributed by atoms with van der Waals surface area (Å²) in [5.41, 5.74) is 1.65. The maximum absolute atomic E-state index is 10.9. The Labute approximate surface area is 162 Å². The van der Waals surface area contributed by atoms with Crippen LogP contribution in [0.25, 0.3) is 0 Å². The zero-order chi connectivity index (χ0) is 19.0. The highest BCUT2D eigenvalue weighted by Crippen LogP contribution is 2.48. The van der Waals surface area contributed by atoms with Crippen LogP contribution in [0.4, 0.5) is 0 Å². The molecule has 1 N–H and O–H groups in total. The minimum atomic E-state index is -1.02. The van der Waals surface area contributed by atoms with Gasteiger partial charge in [-0.15, -0.1) is 0 Å². The molecule has 2 aromatic rings. The van der Waals surface area contributed by atoms with E-state index >= 15 is 0 Å². The normalized spacial score (nSPS) is 26.7. The number of aromatic nitrogens is 1. The molecule has 2 aliphatic heterocycles. The number of fused-ring (bicyclic) bond motifs is 1. The minimum absolute atomic E-state index is 0.0412. The van der Waals surface area contributed by atoms with Gasteiger partial charge in [0.15, 0.2) is 11.5 Å². The highest BCUT2D eigenvalue weighted by atomic mass is 35.5. The molecule has 4 rings (SSSR count). The van der Waals surface area contributed by atoms with Gasteiger partial charge in [-0.1, -0.05) is 23.7 Å². The number of hydrogen-bond acceptors (Lipinski definition) is 5. The summed E-state index contributed by atoms with van der Waals surface area (Å²) in [4.78, 5) is 15.2. The van der Waals surface area contributed by atoms with Crippen LogP contribution in [0.1, 0.15) is 43.4 Å². The Morgan fingerprint density at radius 1 is 1.30 bits per heavy atom. The van der Waals surface area contributed by atoms with E-state index < -0.39 is 11.8 Å². The highest BCUT2D eigenvalue weighted by Gasteiger charge is 2.42. The third-order valence-corrected chi connectivity index (χ3v) is 5.24. The molecule has 7 heteroatoms. The summed E-state index contributed by atoms with van der Waals surface area (Å²) in [6.07, 6.45) is 2.93. The quantitative estimate of drug-likeness (QED) is 0.847. The highest BCUT2D eigenvalue weighted by molar-refractivity contribution is 6.30. The van der Waals surface area contributed by atoms with E-state index in [-0.39, 0.29) is 18.4 Å². The van der Waals surface area contributed by atoms with E-state index in [1.54, 1.807) is 18.3 Å². The molecule has 6 nitrogen and oxygen atoms in total. The Bertz CT molecular complexity index is 848. The second-order valence-corrected chi connectivity index (χ2v) is 7.45. The lowest BCUT2D eigenvalue weighted by Gasteiger charge is -2.29. The van der Waals surface area contributed by atoms with Crippen LogP contribution in [-0.4, -0.2) is 28.8 Å². The first-order valence-electron chi connectivity index (χ1n) is 8.91. The standard InChI is InChI=1S/C20H20ClNO5/c1-20(17-8-6-13(21)10-22-17)26-16-4-2-3-15(19(16)27-20)12-5-7-14(25-11-12)9-18(23)24/h2-4,6,8,10,12,14H,5,7,9,11H2,1H3,(H,23,24)/t12?,14?,20-/m1/s1. The Hall–Kier alpha value is -2.31. The number of carbonyl (C=O) groups is 1. The first kappa shape index (κ1) is 18.1. The molecule has 0 spiro atoms. The van der Waals surface area contributed by atoms with Crippen LogP contribution in [-0.2, 0) is 15.3 Å². The van der Waals surface area contributed by atoms with Crippen LogP contribution in [0.3, 0.4) is 0 Å². The van der Waals surface area contributed by atoms with Crippen LogP contribution in [0.2, 0.25) is 5.02 Å². The van der Waals surface area contributed by atoms with Gasteiger partial charge < -0.3 is 19.3 Å². The van der Waals surface area contributed by atoms with Gasteiger partial charge >= 0.3 is 5.97 Å². The molecule has 0 radical (unpaired) electrons. The second kappa shape index (κ2) is 7.02. The Kier molecular flexibility index (Phi) is 4.70. The summed E-state index contributed by atoms with van der Waals surface area (Å²) in [6, 6.07) is 9.35. The molecular weight excluding hydrogens is 370 g/mol. The second-order valence-electron chi connectivity index (χ2n) is 7.01. The molecule has 0 amide bonds. The number of rotatable bonds is 4. The van der Waals surface area contributed by atoms with Crippen LogP contribution in [0.15, 0.2) is 36.5 Å². The van der Waals surface area contributed by atoms with Gasteiger partial charge in [0.1, 0.15) is 5.69 Å². The fourth-order valence-electron chi connectivity index (χ4n) is 3.63. The number of aliphatic carboxylic acids is 1. The van der Waals surface area contributed by atoms with E-state index in [4.69, 9.17) is 30.9 Å². The van der Waals surface area contributed by atoms with E-state index in [1.807, 2.05) is 25.1 Å².